The Morgan fingerprint density at radius 2 is 2.35 bits per heavy atom. The van der Waals surface area contributed by atoms with Crippen LogP contribution in [0.5, 0.6) is 0 Å². The van der Waals surface area contributed by atoms with Gasteiger partial charge in [-0.1, -0.05) is 5.92 Å². The Morgan fingerprint density at radius 1 is 1.53 bits per heavy atom. The topological polar surface area (TPSA) is 97.8 Å². The molecule has 3 N–H and O–H groups in total. The lowest BCUT2D eigenvalue weighted by atomic mass is 10.2. The SMILES string of the molecule is NCCC#Cc1[nH]nc2cc([N+](=O)[O-])ccc12. The molecule has 17 heavy (non-hydrogen) atoms. The molecule has 0 aliphatic rings. The predicted octanol–water partition coefficient (Wildman–Crippen LogP) is 1.17. The Bertz CT molecular complexity index is 621. The highest BCUT2D eigenvalue weighted by atomic mass is 16.6. The molecular weight excluding hydrogens is 220 g/mol. The van der Waals surface area contributed by atoms with Crippen molar-refractivity contribution in [2.75, 3.05) is 6.54 Å². The van der Waals surface area contributed by atoms with Gasteiger partial charge in [-0.3, -0.25) is 15.2 Å². The van der Waals surface area contributed by atoms with Gasteiger partial charge in [-0.05, 0) is 12.0 Å². The molecule has 0 unspecified atom stereocenters. The highest BCUT2D eigenvalue weighted by molar-refractivity contribution is 5.85. The van der Waals surface area contributed by atoms with E-state index >= 15 is 0 Å². The molecule has 0 amide bonds. The molecule has 0 spiro atoms. The van der Waals surface area contributed by atoms with Gasteiger partial charge in [0.1, 0.15) is 11.2 Å². The highest BCUT2D eigenvalue weighted by Crippen LogP contribution is 2.20. The van der Waals surface area contributed by atoms with Crippen molar-refractivity contribution in [2.45, 2.75) is 6.42 Å². The van der Waals surface area contributed by atoms with Gasteiger partial charge in [-0.2, -0.15) is 5.10 Å². The van der Waals surface area contributed by atoms with Crippen molar-refractivity contribution in [3.8, 4) is 11.8 Å². The Hall–Kier alpha value is -2.39. The average Bonchev–Trinajstić information content (AvgIpc) is 2.72. The van der Waals surface area contributed by atoms with Crippen LogP contribution < -0.4 is 5.73 Å². The zero-order valence-corrected chi connectivity index (χ0v) is 8.93. The van der Waals surface area contributed by atoms with Gasteiger partial charge in [-0.15, -0.1) is 0 Å². The lowest BCUT2D eigenvalue weighted by Gasteiger charge is -1.90. The summed E-state index contributed by atoms with van der Waals surface area (Å²) in [7, 11) is 0. The van der Waals surface area contributed by atoms with Crippen LogP contribution in [0.4, 0.5) is 5.69 Å². The van der Waals surface area contributed by atoms with Crippen LogP contribution in [0, 0.1) is 22.0 Å². The number of nitrogens with two attached hydrogens (primary N) is 1. The number of aromatic nitrogens is 2. The van der Waals surface area contributed by atoms with Crippen LogP contribution in [-0.2, 0) is 0 Å². The molecule has 0 radical (unpaired) electrons. The summed E-state index contributed by atoms with van der Waals surface area (Å²) in [5, 5.41) is 18.1. The second-order valence-corrected chi connectivity index (χ2v) is 3.40. The van der Waals surface area contributed by atoms with E-state index in [-0.39, 0.29) is 5.69 Å². The summed E-state index contributed by atoms with van der Waals surface area (Å²) in [6, 6.07) is 4.50. The summed E-state index contributed by atoms with van der Waals surface area (Å²) in [5.41, 5.74) is 6.54. The zero-order chi connectivity index (χ0) is 12.3. The van der Waals surface area contributed by atoms with Crippen LogP contribution in [0.3, 0.4) is 0 Å². The standard InChI is InChI=1S/C11H10N4O2/c12-6-2-1-3-10-9-5-4-8(15(16)17)7-11(9)14-13-10/h4-5,7H,2,6,12H2,(H,13,14). The van der Waals surface area contributed by atoms with Crippen molar-refractivity contribution in [3.63, 3.8) is 0 Å². The van der Waals surface area contributed by atoms with Crippen molar-refractivity contribution in [1.29, 1.82) is 0 Å². The molecule has 6 heteroatoms. The van der Waals surface area contributed by atoms with Crippen LogP contribution in [0.1, 0.15) is 12.1 Å². The fraction of sp³-hybridized carbons (Fsp3) is 0.182. The first-order valence-corrected chi connectivity index (χ1v) is 5.04. The van der Waals surface area contributed by atoms with E-state index < -0.39 is 4.92 Å². The first-order valence-electron chi connectivity index (χ1n) is 5.04. The van der Waals surface area contributed by atoms with E-state index in [2.05, 4.69) is 22.0 Å². The molecule has 0 saturated carbocycles. The van der Waals surface area contributed by atoms with Crippen LogP contribution >= 0.6 is 0 Å². The van der Waals surface area contributed by atoms with Crippen LogP contribution in [0.25, 0.3) is 10.9 Å². The minimum absolute atomic E-state index is 0.0190. The monoisotopic (exact) mass is 230 g/mol. The Morgan fingerprint density at radius 3 is 3.06 bits per heavy atom. The number of hydrogen-bond donors (Lipinski definition) is 2. The van der Waals surface area contributed by atoms with Crippen LogP contribution in [-0.4, -0.2) is 21.7 Å². The Labute approximate surface area is 97.0 Å². The number of fused-ring (bicyclic) bond motifs is 1. The quantitative estimate of drug-likeness (QED) is 0.459. The minimum atomic E-state index is -0.451. The van der Waals surface area contributed by atoms with Crippen molar-refractivity contribution >= 4 is 16.6 Å². The third kappa shape index (κ3) is 2.24. The molecule has 86 valence electrons. The average molecular weight is 230 g/mol. The molecule has 1 heterocycles. The Kier molecular flexibility index (Phi) is 3.03. The largest absolute Gasteiger partial charge is 0.330 e. The number of nitrogens with zero attached hydrogens (tertiary/aromatic N) is 2. The molecular formula is C11H10N4O2. The van der Waals surface area contributed by atoms with Gasteiger partial charge < -0.3 is 5.73 Å². The predicted molar refractivity (Wildman–Crippen MR) is 63.3 cm³/mol. The third-order valence-corrected chi connectivity index (χ3v) is 2.23. The number of nitro groups is 1. The first-order chi connectivity index (χ1) is 8.22. The van der Waals surface area contributed by atoms with E-state index in [1.165, 1.54) is 12.1 Å². The van der Waals surface area contributed by atoms with Gasteiger partial charge >= 0.3 is 0 Å². The molecule has 1 aromatic heterocycles. The molecule has 0 bridgehead atoms. The van der Waals surface area contributed by atoms with E-state index in [0.717, 1.165) is 5.39 Å². The summed E-state index contributed by atoms with van der Waals surface area (Å²) in [6.45, 7) is 0.505. The molecule has 0 atom stereocenters. The van der Waals surface area contributed by atoms with Crippen molar-refractivity contribution in [1.82, 2.24) is 10.2 Å². The number of rotatable bonds is 2. The number of nitrogens with one attached hydrogen (secondary N) is 1. The van der Waals surface area contributed by atoms with Crippen molar-refractivity contribution in [3.05, 3.63) is 34.0 Å². The van der Waals surface area contributed by atoms with E-state index in [9.17, 15) is 10.1 Å². The number of nitro benzene ring substituents is 1. The lowest BCUT2D eigenvalue weighted by molar-refractivity contribution is -0.384. The van der Waals surface area contributed by atoms with Gasteiger partial charge in [0.25, 0.3) is 5.69 Å². The molecule has 0 aliphatic carbocycles. The van der Waals surface area contributed by atoms with Gasteiger partial charge in [0, 0.05) is 30.5 Å². The summed E-state index contributed by atoms with van der Waals surface area (Å²) in [4.78, 5) is 10.1. The van der Waals surface area contributed by atoms with E-state index in [1.54, 1.807) is 6.07 Å². The zero-order valence-electron chi connectivity index (χ0n) is 8.93. The maximum Gasteiger partial charge on any atom is 0.271 e. The number of aromatic amines is 1. The van der Waals surface area contributed by atoms with Gasteiger partial charge in [0.2, 0.25) is 0 Å². The number of hydrogen-bond acceptors (Lipinski definition) is 4. The number of benzene rings is 1. The minimum Gasteiger partial charge on any atom is -0.330 e. The summed E-state index contributed by atoms with van der Waals surface area (Å²) in [6.07, 6.45) is 0.605. The normalized spacial score (nSPS) is 9.94. The van der Waals surface area contributed by atoms with E-state index in [4.69, 9.17) is 5.73 Å². The third-order valence-electron chi connectivity index (χ3n) is 2.23. The maximum atomic E-state index is 10.6. The van der Waals surface area contributed by atoms with E-state index in [0.29, 0.717) is 24.2 Å². The molecule has 0 saturated heterocycles. The summed E-state index contributed by atoms with van der Waals surface area (Å²) < 4.78 is 0. The molecule has 0 aliphatic heterocycles. The fourth-order valence-electron chi connectivity index (χ4n) is 1.43. The lowest BCUT2D eigenvalue weighted by Crippen LogP contribution is -1.95. The maximum absolute atomic E-state index is 10.6. The Balaban J connectivity index is 2.42. The van der Waals surface area contributed by atoms with Crippen LogP contribution in [0.2, 0.25) is 0 Å². The van der Waals surface area contributed by atoms with E-state index in [1.807, 2.05) is 0 Å². The molecule has 0 fully saturated rings. The smallest absolute Gasteiger partial charge is 0.271 e. The molecule has 1 aromatic carbocycles. The summed E-state index contributed by atoms with van der Waals surface area (Å²) >= 11 is 0. The number of non-ortho nitro benzene ring substituents is 1. The van der Waals surface area contributed by atoms with Gasteiger partial charge in [-0.25, -0.2) is 0 Å². The van der Waals surface area contributed by atoms with Crippen LogP contribution in [0.15, 0.2) is 18.2 Å². The second-order valence-electron chi connectivity index (χ2n) is 3.40. The van der Waals surface area contributed by atoms with Gasteiger partial charge in [0.05, 0.1) is 4.92 Å². The molecule has 2 aromatic rings. The second kappa shape index (κ2) is 4.63. The fourth-order valence-corrected chi connectivity index (χ4v) is 1.43. The molecule has 2 rings (SSSR count). The van der Waals surface area contributed by atoms with Gasteiger partial charge in [0.15, 0.2) is 0 Å². The first kappa shape index (κ1) is 11.1. The highest BCUT2D eigenvalue weighted by Gasteiger charge is 2.09. The summed E-state index contributed by atoms with van der Waals surface area (Å²) in [5.74, 6) is 5.79. The molecule has 6 nitrogen and oxygen atoms in total. The number of H-pyrrole nitrogens is 1. The van der Waals surface area contributed by atoms with Crippen molar-refractivity contribution in [2.24, 2.45) is 5.73 Å². The van der Waals surface area contributed by atoms with Crippen molar-refractivity contribution < 1.29 is 4.92 Å².